The number of para-hydroxylation sites is 2. The van der Waals surface area contributed by atoms with Gasteiger partial charge in [0.15, 0.2) is 0 Å². The second-order valence-electron chi connectivity index (χ2n) is 7.13. The molecule has 6 aromatic rings. The van der Waals surface area contributed by atoms with Gasteiger partial charge in [-0.3, -0.25) is 9.97 Å². The number of rotatable bonds is 2. The van der Waals surface area contributed by atoms with E-state index in [-0.39, 0.29) is 17.1 Å². The Morgan fingerprint density at radius 1 is 0.419 bits per heavy atom. The summed E-state index contributed by atoms with van der Waals surface area (Å²) in [5.74, 6) is 0. The summed E-state index contributed by atoms with van der Waals surface area (Å²) in [6.45, 7) is 0. The van der Waals surface area contributed by atoms with Gasteiger partial charge in [-0.2, -0.15) is 24.3 Å². The maximum atomic E-state index is 4.62. The van der Waals surface area contributed by atoms with Gasteiger partial charge in [0, 0.05) is 0 Å². The van der Waals surface area contributed by atoms with Crippen LogP contribution in [0.5, 0.6) is 0 Å². The molecule has 0 aliphatic heterocycles. The third kappa shape index (κ3) is 4.64. The van der Waals surface area contributed by atoms with Crippen molar-refractivity contribution in [1.82, 2.24) is 9.97 Å². The van der Waals surface area contributed by atoms with Crippen LogP contribution in [0.25, 0.3) is 44.3 Å². The topological polar surface area (TPSA) is 25.8 Å². The first-order valence-corrected chi connectivity index (χ1v) is 10.0. The van der Waals surface area contributed by atoms with E-state index in [1.807, 2.05) is 60.7 Å². The second-order valence-corrected chi connectivity index (χ2v) is 7.13. The monoisotopic (exact) mass is 440 g/mol. The molecule has 0 atom stereocenters. The van der Waals surface area contributed by atoms with Crippen LogP contribution < -0.4 is 0 Å². The minimum Gasteiger partial charge on any atom is -0.268 e. The fraction of sp³-hybridized carbons (Fsp3) is 0. The molecule has 0 N–H and O–H groups in total. The Labute approximate surface area is 192 Å². The van der Waals surface area contributed by atoms with Gasteiger partial charge in [-0.1, -0.05) is 59.7 Å². The van der Waals surface area contributed by atoms with Crippen molar-refractivity contribution >= 4 is 21.8 Å². The summed E-state index contributed by atoms with van der Waals surface area (Å²) in [7, 11) is 0. The molecule has 0 amide bonds. The molecular weight excluding hydrogens is 420 g/mol. The van der Waals surface area contributed by atoms with Crippen molar-refractivity contribution in [2.24, 2.45) is 0 Å². The number of hydrogen-bond acceptors (Lipinski definition) is 2. The largest absolute Gasteiger partial charge is 2.00 e. The molecule has 0 saturated carbocycles. The summed E-state index contributed by atoms with van der Waals surface area (Å²) in [4.78, 5) is 9.24. The van der Waals surface area contributed by atoms with Gasteiger partial charge in [0.1, 0.15) is 0 Å². The molecule has 6 rings (SSSR count). The Balaban J connectivity index is 0.000000144. The van der Waals surface area contributed by atoms with Crippen molar-refractivity contribution in [2.75, 3.05) is 0 Å². The van der Waals surface area contributed by atoms with Crippen molar-refractivity contribution < 1.29 is 17.1 Å². The predicted octanol–water partition coefficient (Wildman–Crippen LogP) is 7.24. The van der Waals surface area contributed by atoms with E-state index in [2.05, 4.69) is 70.6 Å². The van der Waals surface area contributed by atoms with Gasteiger partial charge < -0.3 is 0 Å². The Morgan fingerprint density at radius 3 is 1.23 bits per heavy atom. The first-order chi connectivity index (χ1) is 14.9. The fourth-order valence-electron chi connectivity index (χ4n) is 3.54. The molecular formula is C28H20FeN2. The van der Waals surface area contributed by atoms with E-state index in [0.717, 1.165) is 22.4 Å². The van der Waals surface area contributed by atoms with Gasteiger partial charge >= 0.3 is 17.1 Å². The average Bonchev–Trinajstić information content (AvgIpc) is 3.54. The maximum Gasteiger partial charge on any atom is 2.00 e. The van der Waals surface area contributed by atoms with Crippen LogP contribution in [0, 0.1) is 0 Å². The molecule has 0 aliphatic rings. The van der Waals surface area contributed by atoms with E-state index in [4.69, 9.17) is 0 Å². The van der Waals surface area contributed by atoms with Gasteiger partial charge in [0.2, 0.25) is 0 Å². The molecule has 0 bridgehead atoms. The van der Waals surface area contributed by atoms with E-state index >= 15 is 0 Å². The summed E-state index contributed by atoms with van der Waals surface area (Å²) >= 11 is 0. The summed E-state index contributed by atoms with van der Waals surface area (Å²) in [5.41, 5.74) is 6.55. The van der Waals surface area contributed by atoms with Gasteiger partial charge in [-0.05, 0) is 34.3 Å². The van der Waals surface area contributed by atoms with E-state index in [1.165, 1.54) is 21.9 Å². The minimum absolute atomic E-state index is 0. The average molecular weight is 440 g/mol. The quantitative estimate of drug-likeness (QED) is 0.210. The molecule has 0 unspecified atom stereocenters. The van der Waals surface area contributed by atoms with Gasteiger partial charge in [-0.25, -0.2) is 0 Å². The Morgan fingerprint density at radius 2 is 0.806 bits per heavy atom. The fourth-order valence-corrected chi connectivity index (χ4v) is 3.54. The first-order valence-electron chi connectivity index (χ1n) is 10.0. The van der Waals surface area contributed by atoms with Crippen molar-refractivity contribution in [3.63, 3.8) is 0 Å². The molecule has 0 fully saturated rings. The number of pyridine rings is 2. The third-order valence-corrected chi connectivity index (χ3v) is 5.11. The predicted molar refractivity (Wildman–Crippen MR) is 126 cm³/mol. The molecule has 2 nitrogen and oxygen atoms in total. The first kappa shape index (κ1) is 20.7. The normalized spacial score (nSPS) is 10.3. The van der Waals surface area contributed by atoms with Crippen LogP contribution in [0.15, 0.2) is 121 Å². The molecule has 4 aromatic carbocycles. The van der Waals surface area contributed by atoms with Crippen LogP contribution in [-0.2, 0) is 17.1 Å². The third-order valence-electron chi connectivity index (χ3n) is 5.11. The second kappa shape index (κ2) is 9.53. The molecule has 0 aliphatic carbocycles. The summed E-state index contributed by atoms with van der Waals surface area (Å²) in [6.07, 6.45) is 0. The van der Waals surface area contributed by atoms with E-state index in [0.29, 0.717) is 0 Å². The molecule has 2 heterocycles. The summed E-state index contributed by atoms with van der Waals surface area (Å²) in [6, 6.07) is 41.2. The Hall–Kier alpha value is -3.52. The Bertz CT molecular complexity index is 1270. The van der Waals surface area contributed by atoms with Gasteiger partial charge in [-0.15, -0.1) is 36.4 Å². The number of nitrogens with zero attached hydrogens (tertiary/aromatic N) is 2. The van der Waals surface area contributed by atoms with Crippen molar-refractivity contribution in [3.05, 3.63) is 121 Å². The number of fused-ring (bicyclic) bond motifs is 2. The smallest absolute Gasteiger partial charge is 0.268 e. The number of hydrogen-bond donors (Lipinski definition) is 0. The van der Waals surface area contributed by atoms with Crippen LogP contribution in [0.3, 0.4) is 0 Å². The van der Waals surface area contributed by atoms with Crippen LogP contribution in [0.4, 0.5) is 0 Å². The van der Waals surface area contributed by atoms with Crippen molar-refractivity contribution in [1.29, 1.82) is 0 Å². The minimum atomic E-state index is 0. The van der Waals surface area contributed by atoms with Crippen LogP contribution >= 0.6 is 0 Å². The summed E-state index contributed by atoms with van der Waals surface area (Å²) in [5, 5.41) is 2.38. The maximum absolute atomic E-state index is 4.62. The standard InChI is InChI=1S/2C14H10N.Fe/c2*1-2-6-11(5-1)14-10-9-12-7-3-4-8-13(12)15-14;/h2*1-10H;/q2*-1;+2. The van der Waals surface area contributed by atoms with Crippen LogP contribution in [0.2, 0.25) is 0 Å². The molecule has 0 spiro atoms. The molecule has 0 saturated heterocycles. The molecule has 31 heavy (non-hydrogen) atoms. The zero-order chi connectivity index (χ0) is 20.2. The van der Waals surface area contributed by atoms with Gasteiger partial charge in [0.05, 0.1) is 11.0 Å². The van der Waals surface area contributed by atoms with E-state index < -0.39 is 0 Å². The van der Waals surface area contributed by atoms with Crippen molar-refractivity contribution in [2.45, 2.75) is 0 Å². The van der Waals surface area contributed by atoms with E-state index in [9.17, 15) is 0 Å². The molecule has 3 heteroatoms. The molecule has 2 aromatic heterocycles. The zero-order valence-electron chi connectivity index (χ0n) is 16.8. The van der Waals surface area contributed by atoms with Gasteiger partial charge in [0.25, 0.3) is 0 Å². The number of benzene rings is 2. The SMILES string of the molecule is [Fe+2].c1ccc2nc(-[c-]3cccc3)ccc2c1.c1ccc2nc(-[c-]3cccc3)ccc2c1. The molecule has 150 valence electrons. The number of aromatic nitrogens is 2. The Kier molecular flexibility index (Phi) is 6.37. The summed E-state index contributed by atoms with van der Waals surface area (Å²) < 4.78 is 0. The van der Waals surface area contributed by atoms with E-state index in [1.54, 1.807) is 0 Å². The van der Waals surface area contributed by atoms with Crippen LogP contribution in [-0.4, -0.2) is 9.97 Å². The van der Waals surface area contributed by atoms with Crippen molar-refractivity contribution in [3.8, 4) is 22.5 Å². The molecule has 0 radical (unpaired) electrons. The zero-order valence-corrected chi connectivity index (χ0v) is 17.9. The van der Waals surface area contributed by atoms with Crippen LogP contribution in [0.1, 0.15) is 0 Å².